The zero-order valence-electron chi connectivity index (χ0n) is 34.5. The van der Waals surface area contributed by atoms with Crippen molar-refractivity contribution in [1.29, 1.82) is 5.26 Å². The predicted molar refractivity (Wildman–Crippen MR) is 260 cm³/mol. The summed E-state index contributed by atoms with van der Waals surface area (Å²) in [5.74, 6) is 1.59. The molecule has 0 aliphatic rings. The van der Waals surface area contributed by atoms with Crippen LogP contribution in [0.25, 0.3) is 111 Å². The van der Waals surface area contributed by atoms with Crippen LogP contribution in [0.1, 0.15) is 5.56 Å². The third-order valence-electron chi connectivity index (χ3n) is 12.2. The van der Waals surface area contributed by atoms with Crippen LogP contribution in [0.15, 0.2) is 218 Å². The molecule has 0 bridgehead atoms. The van der Waals surface area contributed by atoms with Crippen molar-refractivity contribution in [2.24, 2.45) is 0 Å². The second kappa shape index (κ2) is 15.2. The fourth-order valence-electron chi connectivity index (χ4n) is 9.26. The molecule has 12 aromatic rings. The van der Waals surface area contributed by atoms with Crippen molar-refractivity contribution in [3.8, 4) is 73.9 Å². The third-order valence-corrected chi connectivity index (χ3v) is 12.2. The molecule has 0 saturated heterocycles. The maximum atomic E-state index is 11.0. The molecule has 298 valence electrons. The number of nitriles is 1. The van der Waals surface area contributed by atoms with Gasteiger partial charge in [-0.3, -0.25) is 0 Å². The summed E-state index contributed by atoms with van der Waals surface area (Å²) in [5.41, 5.74) is 13.1. The molecule has 0 N–H and O–H groups in total. The normalized spacial score (nSPS) is 11.4. The largest absolute Gasteiger partial charge is 0.308 e. The van der Waals surface area contributed by atoms with E-state index in [1.54, 1.807) is 0 Å². The highest BCUT2D eigenvalue weighted by Gasteiger charge is 2.26. The van der Waals surface area contributed by atoms with Crippen molar-refractivity contribution in [3.63, 3.8) is 0 Å². The Kier molecular flexibility index (Phi) is 8.77. The molecular formula is C58H36N6. The van der Waals surface area contributed by atoms with Gasteiger partial charge in [-0.2, -0.15) is 5.26 Å². The Hall–Kier alpha value is -8.92. The van der Waals surface area contributed by atoms with Gasteiger partial charge in [0.05, 0.1) is 50.6 Å². The van der Waals surface area contributed by atoms with Crippen LogP contribution in [0.4, 0.5) is 0 Å². The van der Waals surface area contributed by atoms with Gasteiger partial charge in [-0.15, -0.1) is 0 Å². The first-order chi connectivity index (χ1) is 31.7. The Morgan fingerprint density at radius 3 is 1.09 bits per heavy atom. The Bertz CT molecular complexity index is 3540. The molecule has 0 aliphatic carbocycles. The van der Waals surface area contributed by atoms with Gasteiger partial charge in [0, 0.05) is 32.7 Å². The lowest BCUT2D eigenvalue weighted by Gasteiger charge is -2.20. The number of aromatic nitrogens is 5. The van der Waals surface area contributed by atoms with Crippen LogP contribution in [0.2, 0.25) is 0 Å². The smallest absolute Gasteiger partial charge is 0.168 e. The molecule has 6 heteroatoms. The van der Waals surface area contributed by atoms with Crippen molar-refractivity contribution < 1.29 is 0 Å². The average Bonchev–Trinajstić information content (AvgIpc) is 3.89. The highest BCUT2D eigenvalue weighted by molar-refractivity contribution is 6.13. The number of nitrogens with zero attached hydrogens (tertiary/aromatic N) is 6. The van der Waals surface area contributed by atoms with Crippen LogP contribution in [0, 0.1) is 11.3 Å². The number of hydrogen-bond acceptors (Lipinski definition) is 4. The van der Waals surface area contributed by atoms with Crippen molar-refractivity contribution in [3.05, 3.63) is 224 Å². The van der Waals surface area contributed by atoms with Gasteiger partial charge in [-0.25, -0.2) is 15.0 Å². The number of rotatable bonds is 7. The van der Waals surface area contributed by atoms with Gasteiger partial charge >= 0.3 is 0 Å². The molecule has 0 fully saturated rings. The van der Waals surface area contributed by atoms with Gasteiger partial charge in [-0.05, 0) is 70.8 Å². The summed E-state index contributed by atoms with van der Waals surface area (Å²) in [6.45, 7) is 0. The molecule has 3 aromatic heterocycles. The van der Waals surface area contributed by atoms with Crippen LogP contribution in [0.3, 0.4) is 0 Å². The minimum Gasteiger partial charge on any atom is -0.308 e. The quantitative estimate of drug-likeness (QED) is 0.161. The molecule has 0 atom stereocenters. The third kappa shape index (κ3) is 6.14. The minimum absolute atomic E-state index is 0.487. The molecule has 12 rings (SSSR count). The predicted octanol–water partition coefficient (Wildman–Crippen LogP) is 14.3. The summed E-state index contributed by atoms with van der Waals surface area (Å²) in [7, 11) is 0. The molecule has 0 aliphatic heterocycles. The monoisotopic (exact) mass is 816 g/mol. The summed E-state index contributed by atoms with van der Waals surface area (Å²) in [6.07, 6.45) is 0. The number of hydrogen-bond donors (Lipinski definition) is 0. The van der Waals surface area contributed by atoms with E-state index in [9.17, 15) is 5.26 Å². The van der Waals surface area contributed by atoms with Gasteiger partial charge in [0.1, 0.15) is 0 Å². The lowest BCUT2D eigenvalue weighted by atomic mass is 10.0. The lowest BCUT2D eigenvalue weighted by molar-refractivity contribution is 1.05. The first-order valence-corrected chi connectivity index (χ1v) is 21.3. The van der Waals surface area contributed by atoms with E-state index >= 15 is 0 Å². The van der Waals surface area contributed by atoms with Gasteiger partial charge in [0.15, 0.2) is 17.5 Å². The molecule has 0 radical (unpaired) electrons. The summed E-state index contributed by atoms with van der Waals surface area (Å²) in [6, 6.07) is 77.9. The lowest BCUT2D eigenvalue weighted by Crippen LogP contribution is -2.08. The van der Waals surface area contributed by atoms with E-state index in [4.69, 9.17) is 15.0 Å². The average molecular weight is 817 g/mol. The fourth-order valence-corrected chi connectivity index (χ4v) is 9.26. The van der Waals surface area contributed by atoms with E-state index in [0.29, 0.717) is 23.0 Å². The van der Waals surface area contributed by atoms with Crippen molar-refractivity contribution >= 4 is 43.6 Å². The highest BCUT2D eigenvalue weighted by atomic mass is 15.1. The van der Waals surface area contributed by atoms with E-state index in [1.807, 2.05) is 84.9 Å². The molecule has 0 unspecified atom stereocenters. The molecule has 3 heterocycles. The SMILES string of the molecule is N#Cc1cc(-n2c3ccccc3c3cc(-c4ccccc4)ccc32)c(-c2nc(-c3ccccc3)nc(-c3ccccc3)n2)c(-n2c3ccccc3c3cc(-c4ccccc4)ccc32)c1. The molecule has 64 heavy (non-hydrogen) atoms. The molecule has 0 saturated carbocycles. The zero-order valence-corrected chi connectivity index (χ0v) is 34.5. The van der Waals surface area contributed by atoms with Crippen LogP contribution in [-0.4, -0.2) is 24.1 Å². The van der Waals surface area contributed by atoms with Crippen molar-refractivity contribution in [1.82, 2.24) is 24.1 Å². The molecular weight excluding hydrogens is 781 g/mol. The Balaban J connectivity index is 1.23. The van der Waals surface area contributed by atoms with Gasteiger partial charge < -0.3 is 9.13 Å². The number of para-hydroxylation sites is 2. The van der Waals surface area contributed by atoms with E-state index in [2.05, 4.69) is 149 Å². The fraction of sp³-hybridized carbons (Fsp3) is 0. The molecule has 9 aromatic carbocycles. The summed E-state index contributed by atoms with van der Waals surface area (Å²) < 4.78 is 4.57. The summed E-state index contributed by atoms with van der Waals surface area (Å²) in [4.78, 5) is 15.9. The van der Waals surface area contributed by atoms with Crippen LogP contribution in [-0.2, 0) is 0 Å². The summed E-state index contributed by atoms with van der Waals surface area (Å²) >= 11 is 0. The van der Waals surface area contributed by atoms with Crippen LogP contribution < -0.4 is 0 Å². The molecule has 6 nitrogen and oxygen atoms in total. The maximum absolute atomic E-state index is 11.0. The van der Waals surface area contributed by atoms with E-state index < -0.39 is 0 Å². The van der Waals surface area contributed by atoms with Crippen LogP contribution in [0.5, 0.6) is 0 Å². The highest BCUT2D eigenvalue weighted by Crippen LogP contribution is 2.44. The Labute approximate surface area is 369 Å². The van der Waals surface area contributed by atoms with Gasteiger partial charge in [-0.1, -0.05) is 170 Å². The second-order valence-electron chi connectivity index (χ2n) is 15.9. The van der Waals surface area contributed by atoms with Crippen molar-refractivity contribution in [2.75, 3.05) is 0 Å². The molecule has 0 amide bonds. The van der Waals surface area contributed by atoms with Gasteiger partial charge in [0.2, 0.25) is 0 Å². The van der Waals surface area contributed by atoms with Crippen LogP contribution >= 0.6 is 0 Å². The number of fused-ring (bicyclic) bond motifs is 6. The van der Waals surface area contributed by atoms with Crippen molar-refractivity contribution in [2.45, 2.75) is 0 Å². The van der Waals surface area contributed by atoms with Gasteiger partial charge in [0.25, 0.3) is 0 Å². The molecule has 0 spiro atoms. The minimum atomic E-state index is 0.487. The number of benzene rings is 9. The summed E-state index contributed by atoms with van der Waals surface area (Å²) in [5, 5.41) is 15.4. The zero-order chi connectivity index (χ0) is 42.6. The van der Waals surface area contributed by atoms with E-state index in [-0.39, 0.29) is 0 Å². The first kappa shape index (κ1) is 36.9. The van der Waals surface area contributed by atoms with E-state index in [1.165, 1.54) is 0 Å². The standard InChI is InChI=1S/C58H36N6/c59-37-38-33-53(63-49-27-15-13-25-45(49)47-35-43(29-31-51(47)63)39-17-5-1-6-18-39)55(58-61-56(41-21-9-3-10-22-41)60-57(62-58)42-23-11-4-12-24-42)54(34-38)64-50-28-16-14-26-46(50)48-36-44(30-32-52(48)64)40-19-7-2-8-20-40/h1-36H. The first-order valence-electron chi connectivity index (χ1n) is 21.3. The Morgan fingerprint density at radius 1 is 0.312 bits per heavy atom. The maximum Gasteiger partial charge on any atom is 0.168 e. The second-order valence-corrected chi connectivity index (χ2v) is 15.9. The topological polar surface area (TPSA) is 72.3 Å². The Morgan fingerprint density at radius 2 is 0.672 bits per heavy atom. The van der Waals surface area contributed by atoms with E-state index in [0.717, 1.165) is 93.9 Å².